The first-order valence-corrected chi connectivity index (χ1v) is 4.47. The lowest BCUT2D eigenvalue weighted by molar-refractivity contribution is -0.307. The fraction of sp³-hybridized carbons (Fsp3) is 0.778. The Morgan fingerprint density at radius 3 is 2.31 bits per heavy atom. The summed E-state index contributed by atoms with van der Waals surface area (Å²) in [5, 5.41) is 12.6. The smallest absolute Gasteiger partial charge is 0.220 e. The lowest BCUT2D eigenvalue weighted by Crippen LogP contribution is -2.46. The van der Waals surface area contributed by atoms with Crippen molar-refractivity contribution in [2.45, 2.75) is 39.7 Å². The first-order valence-electron chi connectivity index (χ1n) is 4.47. The minimum Gasteiger partial charge on any atom is -0.548 e. The molecule has 0 rings (SSSR count). The number of carboxylic acid groups (broad SMARTS) is 1. The molecule has 0 aliphatic rings. The number of hydrogen-bond acceptors (Lipinski definition) is 3. The van der Waals surface area contributed by atoms with Gasteiger partial charge >= 0.3 is 0 Å². The maximum atomic E-state index is 11.1. The van der Waals surface area contributed by atoms with Crippen LogP contribution in [-0.2, 0) is 9.59 Å². The van der Waals surface area contributed by atoms with E-state index < -0.39 is 12.0 Å². The second-order valence-corrected chi connectivity index (χ2v) is 3.33. The van der Waals surface area contributed by atoms with Gasteiger partial charge in [0.05, 0.1) is 12.0 Å². The van der Waals surface area contributed by atoms with Gasteiger partial charge in [-0.25, -0.2) is 0 Å². The third kappa shape index (κ3) is 5.22. The van der Waals surface area contributed by atoms with Gasteiger partial charge in [0.1, 0.15) is 0 Å². The molecular formula is C9H16NO3-. The predicted molar refractivity (Wildman–Crippen MR) is 46.7 cm³/mol. The first kappa shape index (κ1) is 11.9. The van der Waals surface area contributed by atoms with Crippen LogP contribution >= 0.6 is 0 Å². The molecule has 2 atom stereocenters. The number of amides is 1. The molecule has 4 heteroatoms. The van der Waals surface area contributed by atoms with Gasteiger partial charge in [-0.3, -0.25) is 4.79 Å². The van der Waals surface area contributed by atoms with Gasteiger partial charge in [-0.05, 0) is 12.8 Å². The number of rotatable bonds is 5. The summed E-state index contributed by atoms with van der Waals surface area (Å²) in [6.07, 6.45) is 1.28. The van der Waals surface area contributed by atoms with Crippen LogP contribution in [0.5, 0.6) is 0 Å². The molecule has 0 radical (unpaired) electrons. The zero-order valence-corrected chi connectivity index (χ0v) is 8.29. The molecule has 2 unspecified atom stereocenters. The molecule has 1 amide bonds. The van der Waals surface area contributed by atoms with E-state index in [1.807, 2.05) is 13.8 Å². The van der Waals surface area contributed by atoms with Crippen molar-refractivity contribution in [3.05, 3.63) is 0 Å². The Kier molecular flexibility index (Phi) is 5.11. The molecule has 0 aromatic heterocycles. The monoisotopic (exact) mass is 186 g/mol. The quantitative estimate of drug-likeness (QED) is 0.639. The Balaban J connectivity index is 3.81. The van der Waals surface area contributed by atoms with Crippen molar-refractivity contribution >= 4 is 11.9 Å². The molecule has 13 heavy (non-hydrogen) atoms. The molecule has 0 aliphatic carbocycles. The molecule has 0 saturated carbocycles. The standard InChI is InChI=1S/C9H17NO3/c1-4-6(2)5-8(11)10-7(3)9(12)13/h6-7H,4-5H2,1-3H3,(H,10,11)(H,12,13)/p-1. The van der Waals surface area contributed by atoms with E-state index in [2.05, 4.69) is 5.32 Å². The molecule has 0 aromatic rings. The van der Waals surface area contributed by atoms with Crippen LogP contribution in [0.2, 0.25) is 0 Å². The van der Waals surface area contributed by atoms with E-state index in [1.54, 1.807) is 0 Å². The highest BCUT2D eigenvalue weighted by atomic mass is 16.4. The third-order valence-corrected chi connectivity index (χ3v) is 1.96. The van der Waals surface area contributed by atoms with Gasteiger partial charge in [0, 0.05) is 6.42 Å². The first-order chi connectivity index (χ1) is 5.97. The number of carbonyl (C=O) groups is 2. The molecule has 0 heterocycles. The molecule has 0 fully saturated rings. The van der Waals surface area contributed by atoms with Crippen molar-refractivity contribution in [3.8, 4) is 0 Å². The Morgan fingerprint density at radius 2 is 1.92 bits per heavy atom. The van der Waals surface area contributed by atoms with E-state index in [-0.39, 0.29) is 11.8 Å². The van der Waals surface area contributed by atoms with Crippen LogP contribution in [0.15, 0.2) is 0 Å². The maximum Gasteiger partial charge on any atom is 0.220 e. The van der Waals surface area contributed by atoms with E-state index in [4.69, 9.17) is 0 Å². The van der Waals surface area contributed by atoms with Gasteiger partial charge in [-0.2, -0.15) is 0 Å². The molecule has 0 saturated heterocycles. The lowest BCUT2D eigenvalue weighted by atomic mass is 10.0. The minimum absolute atomic E-state index is 0.231. The van der Waals surface area contributed by atoms with Gasteiger partial charge < -0.3 is 15.2 Å². The average Bonchev–Trinajstić information content (AvgIpc) is 2.03. The molecule has 1 N–H and O–H groups in total. The van der Waals surface area contributed by atoms with Gasteiger partial charge in [-0.1, -0.05) is 20.3 Å². The van der Waals surface area contributed by atoms with Crippen molar-refractivity contribution in [2.75, 3.05) is 0 Å². The largest absolute Gasteiger partial charge is 0.548 e. The molecule has 0 bridgehead atoms. The van der Waals surface area contributed by atoms with Crippen LogP contribution in [0.4, 0.5) is 0 Å². The number of hydrogen-bond donors (Lipinski definition) is 1. The van der Waals surface area contributed by atoms with Gasteiger partial charge in [0.15, 0.2) is 0 Å². The third-order valence-electron chi connectivity index (χ3n) is 1.96. The van der Waals surface area contributed by atoms with E-state index >= 15 is 0 Å². The molecular weight excluding hydrogens is 170 g/mol. The summed E-state index contributed by atoms with van der Waals surface area (Å²) < 4.78 is 0. The fourth-order valence-corrected chi connectivity index (χ4v) is 0.820. The number of carbonyl (C=O) groups excluding carboxylic acids is 2. The lowest BCUT2D eigenvalue weighted by Gasteiger charge is -2.15. The van der Waals surface area contributed by atoms with Gasteiger partial charge in [0.25, 0.3) is 0 Å². The van der Waals surface area contributed by atoms with E-state index in [1.165, 1.54) is 6.92 Å². The van der Waals surface area contributed by atoms with Crippen molar-refractivity contribution in [2.24, 2.45) is 5.92 Å². The van der Waals surface area contributed by atoms with Crippen LogP contribution in [-0.4, -0.2) is 17.9 Å². The summed E-state index contributed by atoms with van der Waals surface area (Å²) in [7, 11) is 0. The normalized spacial score (nSPS) is 14.7. The second kappa shape index (κ2) is 5.56. The summed E-state index contributed by atoms with van der Waals surface area (Å²) in [5.74, 6) is -1.20. The topological polar surface area (TPSA) is 69.2 Å². The van der Waals surface area contributed by atoms with E-state index in [0.717, 1.165) is 6.42 Å². The van der Waals surface area contributed by atoms with E-state index in [0.29, 0.717) is 6.42 Å². The summed E-state index contributed by atoms with van der Waals surface area (Å²) >= 11 is 0. The van der Waals surface area contributed by atoms with Gasteiger partial charge in [0.2, 0.25) is 5.91 Å². The molecule has 0 aromatic carbocycles. The highest BCUT2D eigenvalue weighted by molar-refractivity contribution is 5.82. The summed E-state index contributed by atoms with van der Waals surface area (Å²) in [6.45, 7) is 5.33. The maximum absolute atomic E-state index is 11.1. The molecule has 0 spiro atoms. The highest BCUT2D eigenvalue weighted by Gasteiger charge is 2.10. The Hall–Kier alpha value is -1.06. The minimum atomic E-state index is -1.25. The zero-order valence-electron chi connectivity index (χ0n) is 8.29. The highest BCUT2D eigenvalue weighted by Crippen LogP contribution is 2.05. The molecule has 76 valence electrons. The molecule has 4 nitrogen and oxygen atoms in total. The number of carboxylic acids is 1. The Morgan fingerprint density at radius 1 is 1.38 bits per heavy atom. The number of aliphatic carboxylic acids is 1. The van der Waals surface area contributed by atoms with Gasteiger partial charge in [-0.15, -0.1) is 0 Å². The van der Waals surface area contributed by atoms with Crippen LogP contribution in [0.1, 0.15) is 33.6 Å². The van der Waals surface area contributed by atoms with Crippen molar-refractivity contribution < 1.29 is 14.7 Å². The second-order valence-electron chi connectivity index (χ2n) is 3.33. The molecule has 0 aliphatic heterocycles. The summed E-state index contributed by atoms with van der Waals surface area (Å²) in [5.41, 5.74) is 0. The van der Waals surface area contributed by atoms with Crippen LogP contribution in [0.3, 0.4) is 0 Å². The van der Waals surface area contributed by atoms with Crippen molar-refractivity contribution in [3.63, 3.8) is 0 Å². The average molecular weight is 186 g/mol. The SMILES string of the molecule is CCC(C)CC(=O)NC(C)C(=O)[O-]. The number of nitrogens with one attached hydrogen (secondary N) is 1. The Labute approximate surface area is 78.3 Å². The predicted octanol–water partition coefficient (Wildman–Crippen LogP) is -0.323. The van der Waals surface area contributed by atoms with Crippen LogP contribution in [0, 0.1) is 5.92 Å². The van der Waals surface area contributed by atoms with Crippen LogP contribution < -0.4 is 10.4 Å². The zero-order chi connectivity index (χ0) is 10.4. The van der Waals surface area contributed by atoms with Crippen molar-refractivity contribution in [1.29, 1.82) is 0 Å². The van der Waals surface area contributed by atoms with Crippen molar-refractivity contribution in [1.82, 2.24) is 5.32 Å². The van der Waals surface area contributed by atoms with E-state index in [9.17, 15) is 14.7 Å². The Bertz CT molecular complexity index is 191. The van der Waals surface area contributed by atoms with Crippen LogP contribution in [0.25, 0.3) is 0 Å². The summed E-state index contributed by atoms with van der Waals surface area (Å²) in [6, 6.07) is -0.906. The fourth-order valence-electron chi connectivity index (χ4n) is 0.820. The summed E-state index contributed by atoms with van der Waals surface area (Å²) in [4.78, 5) is 21.4.